The Morgan fingerprint density at radius 2 is 1.80 bits per heavy atom. The molecule has 0 spiro atoms. The molecule has 1 unspecified atom stereocenters. The molecule has 3 atom stereocenters. The number of fused-ring (bicyclic) bond motifs is 2. The van der Waals surface area contributed by atoms with E-state index in [2.05, 4.69) is 40.3 Å². The van der Waals surface area contributed by atoms with E-state index in [0.29, 0.717) is 16.2 Å². The molecule has 0 radical (unpaired) electrons. The minimum Gasteiger partial charge on any atom is -0.103 e. The minimum atomic E-state index is 0.367. The largest absolute Gasteiger partial charge is 0.103 e. The average Bonchev–Trinajstić information content (AvgIpc) is 2.37. The minimum absolute atomic E-state index is 0.367. The highest BCUT2D eigenvalue weighted by Crippen LogP contribution is 2.62. The summed E-state index contributed by atoms with van der Waals surface area (Å²) < 4.78 is 0. The van der Waals surface area contributed by atoms with Gasteiger partial charge in [-0.1, -0.05) is 51.3 Å². The first-order chi connectivity index (χ1) is 9.31. The zero-order valence-corrected chi connectivity index (χ0v) is 14.0. The maximum atomic E-state index is 4.09. The van der Waals surface area contributed by atoms with Crippen molar-refractivity contribution in [1.82, 2.24) is 0 Å². The summed E-state index contributed by atoms with van der Waals surface area (Å²) in [6.45, 7) is 14.1. The van der Waals surface area contributed by atoms with Crippen LogP contribution in [-0.2, 0) is 0 Å². The topological polar surface area (TPSA) is 0 Å². The van der Waals surface area contributed by atoms with Crippen molar-refractivity contribution in [2.45, 2.75) is 79.1 Å². The first-order valence-electron chi connectivity index (χ1n) is 8.66. The summed E-state index contributed by atoms with van der Waals surface area (Å²) >= 11 is 0. The van der Waals surface area contributed by atoms with Crippen molar-refractivity contribution in [1.29, 1.82) is 0 Å². The van der Waals surface area contributed by atoms with Crippen LogP contribution in [-0.4, -0.2) is 0 Å². The second kappa shape index (κ2) is 4.49. The molecule has 0 nitrogen and oxygen atoms in total. The Labute approximate surface area is 125 Å². The van der Waals surface area contributed by atoms with Crippen molar-refractivity contribution in [2.75, 3.05) is 0 Å². The summed E-state index contributed by atoms with van der Waals surface area (Å²) in [7, 11) is 0. The lowest BCUT2D eigenvalue weighted by Gasteiger charge is -2.57. The van der Waals surface area contributed by atoms with E-state index < -0.39 is 0 Å². The van der Waals surface area contributed by atoms with E-state index in [4.69, 9.17) is 0 Å². The molecule has 112 valence electrons. The molecule has 0 heterocycles. The SMILES string of the molecule is C=C[C@]1(C)CCC2=C(CCC3C(C)(C)CCC[C@]23C)C1. The zero-order valence-electron chi connectivity index (χ0n) is 14.0. The fraction of sp³-hybridized carbons (Fsp3) is 0.800. The Morgan fingerprint density at radius 1 is 1.05 bits per heavy atom. The molecular weight excluding hydrogens is 240 g/mol. The van der Waals surface area contributed by atoms with Gasteiger partial charge in [0.25, 0.3) is 0 Å². The third-order valence-corrected chi connectivity index (χ3v) is 7.14. The standard InChI is InChI=1S/C20H32/c1-6-19(4)13-10-16-15(14-19)8-9-17-18(2,3)11-7-12-20(16,17)5/h6,17H,1,7-14H2,2-5H3/t17?,19-,20-/m1/s1. The van der Waals surface area contributed by atoms with Crippen LogP contribution in [0.2, 0.25) is 0 Å². The second-order valence-corrected chi connectivity index (χ2v) is 8.97. The molecular formula is C20H32. The van der Waals surface area contributed by atoms with Gasteiger partial charge in [-0.3, -0.25) is 0 Å². The van der Waals surface area contributed by atoms with Gasteiger partial charge in [-0.25, -0.2) is 0 Å². The van der Waals surface area contributed by atoms with E-state index in [9.17, 15) is 0 Å². The smallest absolute Gasteiger partial charge is 0.00803 e. The molecule has 1 fully saturated rings. The van der Waals surface area contributed by atoms with Gasteiger partial charge in [-0.15, -0.1) is 6.58 Å². The Hall–Kier alpha value is -0.520. The predicted molar refractivity (Wildman–Crippen MR) is 87.6 cm³/mol. The summed E-state index contributed by atoms with van der Waals surface area (Å²) in [4.78, 5) is 0. The number of hydrogen-bond donors (Lipinski definition) is 0. The Bertz CT molecular complexity index is 453. The molecule has 0 aliphatic heterocycles. The van der Waals surface area contributed by atoms with E-state index in [-0.39, 0.29) is 0 Å². The third-order valence-electron chi connectivity index (χ3n) is 7.14. The van der Waals surface area contributed by atoms with Crippen LogP contribution >= 0.6 is 0 Å². The van der Waals surface area contributed by atoms with Gasteiger partial charge in [0.15, 0.2) is 0 Å². The molecule has 0 aromatic carbocycles. The summed E-state index contributed by atoms with van der Waals surface area (Å²) in [5.41, 5.74) is 5.12. The second-order valence-electron chi connectivity index (χ2n) is 8.97. The Kier molecular flexibility index (Phi) is 3.23. The van der Waals surface area contributed by atoms with Gasteiger partial charge >= 0.3 is 0 Å². The summed E-state index contributed by atoms with van der Waals surface area (Å²) in [6.07, 6.45) is 13.2. The van der Waals surface area contributed by atoms with Gasteiger partial charge in [0.05, 0.1) is 0 Å². The predicted octanol–water partition coefficient (Wildman–Crippen LogP) is 6.29. The number of hydrogen-bond acceptors (Lipinski definition) is 0. The molecule has 0 heteroatoms. The molecule has 0 aromatic rings. The van der Waals surface area contributed by atoms with Crippen molar-refractivity contribution in [3.05, 3.63) is 23.8 Å². The van der Waals surface area contributed by atoms with Gasteiger partial charge in [0, 0.05) is 0 Å². The lowest BCUT2D eigenvalue weighted by molar-refractivity contribution is 0.00583. The van der Waals surface area contributed by atoms with E-state index in [1.54, 1.807) is 0 Å². The Balaban J connectivity index is 1.98. The quantitative estimate of drug-likeness (QED) is 0.492. The fourth-order valence-corrected chi connectivity index (χ4v) is 5.88. The third kappa shape index (κ3) is 2.02. The van der Waals surface area contributed by atoms with Crippen LogP contribution in [0, 0.1) is 22.2 Å². The molecule has 20 heavy (non-hydrogen) atoms. The van der Waals surface area contributed by atoms with Gasteiger partial charge < -0.3 is 0 Å². The van der Waals surface area contributed by atoms with Crippen molar-refractivity contribution >= 4 is 0 Å². The summed E-state index contributed by atoms with van der Waals surface area (Å²) in [6, 6.07) is 0. The summed E-state index contributed by atoms with van der Waals surface area (Å²) in [5, 5.41) is 0. The van der Waals surface area contributed by atoms with Crippen LogP contribution in [0.4, 0.5) is 0 Å². The van der Waals surface area contributed by atoms with Crippen molar-refractivity contribution in [3.63, 3.8) is 0 Å². The normalized spacial score (nSPS) is 43.7. The van der Waals surface area contributed by atoms with Crippen LogP contribution in [0.25, 0.3) is 0 Å². The van der Waals surface area contributed by atoms with Crippen LogP contribution in [0.1, 0.15) is 79.1 Å². The van der Waals surface area contributed by atoms with E-state index in [1.165, 1.54) is 51.4 Å². The lowest BCUT2D eigenvalue weighted by atomic mass is 9.48. The van der Waals surface area contributed by atoms with Crippen molar-refractivity contribution in [3.8, 4) is 0 Å². The Morgan fingerprint density at radius 3 is 2.50 bits per heavy atom. The molecule has 3 aliphatic carbocycles. The maximum absolute atomic E-state index is 4.09. The van der Waals surface area contributed by atoms with Crippen LogP contribution < -0.4 is 0 Å². The summed E-state index contributed by atoms with van der Waals surface area (Å²) in [5.74, 6) is 0.913. The maximum Gasteiger partial charge on any atom is -0.00803 e. The molecule has 0 N–H and O–H groups in total. The number of rotatable bonds is 1. The van der Waals surface area contributed by atoms with E-state index >= 15 is 0 Å². The first kappa shape index (κ1) is 14.4. The molecule has 3 aliphatic rings. The van der Waals surface area contributed by atoms with E-state index in [0.717, 1.165) is 5.92 Å². The van der Waals surface area contributed by atoms with E-state index in [1.807, 2.05) is 11.1 Å². The molecule has 0 amide bonds. The van der Waals surface area contributed by atoms with Crippen molar-refractivity contribution < 1.29 is 0 Å². The van der Waals surface area contributed by atoms with Gasteiger partial charge in [-0.05, 0) is 67.1 Å². The highest BCUT2D eigenvalue weighted by atomic mass is 14.6. The molecule has 0 bridgehead atoms. The highest BCUT2D eigenvalue weighted by molar-refractivity contribution is 5.32. The zero-order chi connectivity index (χ0) is 14.6. The lowest BCUT2D eigenvalue weighted by Crippen LogP contribution is -2.46. The fourth-order valence-electron chi connectivity index (χ4n) is 5.88. The van der Waals surface area contributed by atoms with Crippen molar-refractivity contribution in [2.24, 2.45) is 22.2 Å². The average molecular weight is 272 g/mol. The molecule has 0 saturated heterocycles. The van der Waals surface area contributed by atoms with Crippen LogP contribution in [0.5, 0.6) is 0 Å². The molecule has 1 saturated carbocycles. The van der Waals surface area contributed by atoms with Crippen LogP contribution in [0.15, 0.2) is 23.8 Å². The molecule has 0 aromatic heterocycles. The van der Waals surface area contributed by atoms with Crippen LogP contribution in [0.3, 0.4) is 0 Å². The highest BCUT2D eigenvalue weighted by Gasteiger charge is 2.51. The van der Waals surface area contributed by atoms with Gasteiger partial charge in [-0.2, -0.15) is 0 Å². The van der Waals surface area contributed by atoms with Gasteiger partial charge in [0.2, 0.25) is 0 Å². The van der Waals surface area contributed by atoms with Gasteiger partial charge in [0.1, 0.15) is 0 Å². The number of allylic oxidation sites excluding steroid dienone is 3. The first-order valence-corrected chi connectivity index (χ1v) is 8.66. The monoisotopic (exact) mass is 272 g/mol. The molecule has 3 rings (SSSR count).